The average Bonchev–Trinajstić information content (AvgIpc) is 2.26. The molecule has 0 saturated carbocycles. The monoisotopic (exact) mass is 348 g/mol. The fourth-order valence-electron chi connectivity index (χ4n) is 1.42. The van der Waals surface area contributed by atoms with E-state index in [0.717, 1.165) is 21.8 Å². The number of carbonyl (C=O) groups is 1. The largest absolute Gasteiger partial charge is 0.466 e. The highest BCUT2D eigenvalue weighted by Crippen LogP contribution is 2.19. The normalized spacial score (nSPS) is 10.2. The number of esters is 1. The first-order chi connectivity index (χ1) is 7.65. The summed E-state index contributed by atoms with van der Waals surface area (Å²) in [4.78, 5) is 11.2. The number of aryl methyl sites for hydroxylation is 1. The Bertz CT molecular complexity index is 364. The highest BCUT2D eigenvalue weighted by molar-refractivity contribution is 9.10. The van der Waals surface area contributed by atoms with Gasteiger partial charge in [0.2, 0.25) is 0 Å². The van der Waals surface area contributed by atoms with Crippen LogP contribution in [0.15, 0.2) is 22.7 Å². The van der Waals surface area contributed by atoms with Gasteiger partial charge in [-0.25, -0.2) is 0 Å². The van der Waals surface area contributed by atoms with E-state index in [4.69, 9.17) is 4.74 Å². The van der Waals surface area contributed by atoms with E-state index in [0.29, 0.717) is 13.0 Å². The molecule has 88 valence electrons. The minimum Gasteiger partial charge on any atom is -0.466 e. The van der Waals surface area contributed by atoms with Crippen LogP contribution in [-0.4, -0.2) is 12.6 Å². The first kappa shape index (κ1) is 13.7. The summed E-state index contributed by atoms with van der Waals surface area (Å²) in [5.74, 6) is -0.136. The van der Waals surface area contributed by atoms with E-state index in [2.05, 4.69) is 44.0 Å². The summed E-state index contributed by atoms with van der Waals surface area (Å²) in [7, 11) is 0. The van der Waals surface area contributed by atoms with Gasteiger partial charge < -0.3 is 4.74 Å². The number of alkyl halides is 1. The molecule has 0 aliphatic heterocycles. The number of rotatable bonds is 5. The van der Waals surface area contributed by atoms with E-state index in [9.17, 15) is 4.79 Å². The third-order valence-electron chi connectivity index (χ3n) is 2.09. The van der Waals surface area contributed by atoms with Gasteiger partial charge in [-0.15, -0.1) is 0 Å². The molecule has 0 aromatic heterocycles. The highest BCUT2D eigenvalue weighted by Gasteiger charge is 2.04. The second kappa shape index (κ2) is 7.07. The summed E-state index contributed by atoms with van der Waals surface area (Å²) >= 11 is 6.87. The predicted molar refractivity (Wildman–Crippen MR) is 71.7 cm³/mol. The van der Waals surface area contributed by atoms with Crippen LogP contribution in [0.1, 0.15) is 24.5 Å². The summed E-state index contributed by atoms with van der Waals surface area (Å²) in [5, 5.41) is 0.818. The summed E-state index contributed by atoms with van der Waals surface area (Å²) < 4.78 is 5.94. The Balaban J connectivity index is 2.59. The molecule has 0 unspecified atom stereocenters. The van der Waals surface area contributed by atoms with Crippen LogP contribution in [-0.2, 0) is 21.3 Å². The lowest BCUT2D eigenvalue weighted by Gasteiger charge is -2.05. The first-order valence-electron chi connectivity index (χ1n) is 5.15. The summed E-state index contributed by atoms with van der Waals surface area (Å²) in [6, 6.07) is 6.19. The quantitative estimate of drug-likeness (QED) is 0.596. The van der Waals surface area contributed by atoms with Crippen molar-refractivity contribution in [1.82, 2.24) is 0 Å². The Morgan fingerprint density at radius 2 is 2.00 bits per heavy atom. The van der Waals surface area contributed by atoms with Gasteiger partial charge in [-0.2, -0.15) is 0 Å². The molecule has 4 heteroatoms. The molecule has 0 radical (unpaired) electrons. The molecule has 0 amide bonds. The number of hydrogen-bond donors (Lipinski definition) is 0. The van der Waals surface area contributed by atoms with Crippen molar-refractivity contribution >= 4 is 37.8 Å². The molecule has 0 aliphatic carbocycles. The second-order valence-electron chi connectivity index (χ2n) is 3.41. The van der Waals surface area contributed by atoms with Crippen LogP contribution in [0.25, 0.3) is 0 Å². The summed E-state index contributed by atoms with van der Waals surface area (Å²) in [6.45, 7) is 2.27. The maximum Gasteiger partial charge on any atom is 0.306 e. The van der Waals surface area contributed by atoms with Gasteiger partial charge in [-0.05, 0) is 36.6 Å². The molecule has 0 bridgehead atoms. The zero-order valence-corrected chi connectivity index (χ0v) is 12.3. The lowest BCUT2D eigenvalue weighted by atomic mass is 10.1. The summed E-state index contributed by atoms with van der Waals surface area (Å²) in [5.41, 5.74) is 2.35. The van der Waals surface area contributed by atoms with Crippen molar-refractivity contribution in [3.8, 4) is 0 Å². The molecule has 0 saturated heterocycles. The number of benzene rings is 1. The van der Waals surface area contributed by atoms with Crippen molar-refractivity contribution < 1.29 is 9.53 Å². The molecule has 0 spiro atoms. The number of ether oxygens (including phenoxy) is 1. The third kappa shape index (κ3) is 4.66. The number of carbonyl (C=O) groups excluding carboxylic acids is 1. The third-order valence-corrected chi connectivity index (χ3v) is 3.20. The molecule has 0 N–H and O–H groups in total. The van der Waals surface area contributed by atoms with Crippen LogP contribution in [0.2, 0.25) is 0 Å². The van der Waals surface area contributed by atoms with Crippen molar-refractivity contribution in [1.29, 1.82) is 0 Å². The van der Waals surface area contributed by atoms with Crippen molar-refractivity contribution in [2.75, 3.05) is 6.61 Å². The second-order valence-corrected chi connectivity index (χ2v) is 4.88. The Morgan fingerprint density at radius 3 is 2.62 bits per heavy atom. The maximum absolute atomic E-state index is 11.2. The molecule has 0 aliphatic rings. The molecule has 1 aromatic rings. The average molecular weight is 350 g/mol. The summed E-state index contributed by atoms with van der Waals surface area (Å²) in [6.07, 6.45) is 1.16. The molecule has 0 fully saturated rings. The SMILES string of the molecule is CCOC(=O)CCc1cc(Br)cc(CBr)c1. The molecule has 16 heavy (non-hydrogen) atoms. The number of halogens is 2. The first-order valence-corrected chi connectivity index (χ1v) is 7.07. The van der Waals surface area contributed by atoms with Gasteiger partial charge in [-0.1, -0.05) is 37.9 Å². The minimum absolute atomic E-state index is 0.136. The van der Waals surface area contributed by atoms with E-state index in [1.807, 2.05) is 13.0 Å². The molecular formula is C12H14Br2O2. The molecular weight excluding hydrogens is 336 g/mol. The zero-order chi connectivity index (χ0) is 12.0. The van der Waals surface area contributed by atoms with Gasteiger partial charge in [0, 0.05) is 16.2 Å². The van der Waals surface area contributed by atoms with Crippen LogP contribution >= 0.6 is 31.9 Å². The van der Waals surface area contributed by atoms with Crippen LogP contribution in [0.5, 0.6) is 0 Å². The maximum atomic E-state index is 11.2. The Morgan fingerprint density at radius 1 is 1.31 bits per heavy atom. The lowest BCUT2D eigenvalue weighted by Crippen LogP contribution is -2.05. The Hall–Kier alpha value is -0.350. The van der Waals surface area contributed by atoms with Crippen LogP contribution < -0.4 is 0 Å². The number of hydrogen-bond acceptors (Lipinski definition) is 2. The van der Waals surface area contributed by atoms with E-state index < -0.39 is 0 Å². The van der Waals surface area contributed by atoms with Gasteiger partial charge >= 0.3 is 5.97 Å². The van der Waals surface area contributed by atoms with E-state index >= 15 is 0 Å². The van der Waals surface area contributed by atoms with E-state index in [-0.39, 0.29) is 5.97 Å². The van der Waals surface area contributed by atoms with E-state index in [1.54, 1.807) is 0 Å². The van der Waals surface area contributed by atoms with Gasteiger partial charge in [0.15, 0.2) is 0 Å². The standard InChI is InChI=1S/C12H14Br2O2/c1-2-16-12(15)4-3-9-5-10(8-13)7-11(14)6-9/h5-7H,2-4,8H2,1H3. The fourth-order valence-corrected chi connectivity index (χ4v) is 2.33. The molecule has 0 atom stereocenters. The van der Waals surface area contributed by atoms with Crippen molar-refractivity contribution in [3.05, 3.63) is 33.8 Å². The van der Waals surface area contributed by atoms with Crippen LogP contribution in [0.3, 0.4) is 0 Å². The predicted octanol–water partition coefficient (Wildman–Crippen LogP) is 3.84. The minimum atomic E-state index is -0.136. The zero-order valence-electron chi connectivity index (χ0n) is 9.13. The van der Waals surface area contributed by atoms with Crippen LogP contribution in [0.4, 0.5) is 0 Å². The van der Waals surface area contributed by atoms with Crippen molar-refractivity contribution in [3.63, 3.8) is 0 Å². The lowest BCUT2D eigenvalue weighted by molar-refractivity contribution is -0.143. The highest BCUT2D eigenvalue weighted by atomic mass is 79.9. The molecule has 2 nitrogen and oxygen atoms in total. The van der Waals surface area contributed by atoms with Gasteiger partial charge in [0.25, 0.3) is 0 Å². The van der Waals surface area contributed by atoms with Crippen molar-refractivity contribution in [2.24, 2.45) is 0 Å². The van der Waals surface area contributed by atoms with Gasteiger partial charge in [0.1, 0.15) is 0 Å². The molecule has 1 rings (SSSR count). The molecule has 1 aromatic carbocycles. The Kier molecular flexibility index (Phi) is 6.06. The fraction of sp³-hybridized carbons (Fsp3) is 0.417. The molecule has 0 heterocycles. The smallest absolute Gasteiger partial charge is 0.306 e. The van der Waals surface area contributed by atoms with Crippen molar-refractivity contribution in [2.45, 2.75) is 25.1 Å². The van der Waals surface area contributed by atoms with Gasteiger partial charge in [0.05, 0.1) is 6.61 Å². The Labute approximate surface area is 113 Å². The van der Waals surface area contributed by atoms with E-state index in [1.165, 1.54) is 5.56 Å². The van der Waals surface area contributed by atoms with Crippen LogP contribution in [0, 0.1) is 0 Å². The topological polar surface area (TPSA) is 26.3 Å². The van der Waals surface area contributed by atoms with Gasteiger partial charge in [-0.3, -0.25) is 4.79 Å².